The molecule has 4 aliphatic rings. The van der Waals surface area contributed by atoms with Gasteiger partial charge < -0.3 is 21.6 Å². The lowest BCUT2D eigenvalue weighted by Gasteiger charge is -2.53. The average molecular weight is 501 g/mol. The third-order valence-electron chi connectivity index (χ3n) is 8.81. The number of esters is 1. The topological polar surface area (TPSA) is 29.5 Å². The molecule has 6 rings (SSSR count). The molecule has 0 radical (unpaired) electrons. The van der Waals surface area contributed by atoms with E-state index in [4.69, 9.17) is 4.74 Å². The van der Waals surface area contributed by atoms with Crippen molar-refractivity contribution in [2.24, 2.45) is 5.92 Å². The van der Waals surface area contributed by atoms with Crippen molar-refractivity contribution in [3.63, 3.8) is 0 Å². The van der Waals surface area contributed by atoms with Crippen molar-refractivity contribution < 1.29 is 30.8 Å². The highest BCUT2D eigenvalue weighted by Crippen LogP contribution is 2.39. The fraction of sp³-hybridized carbons (Fsp3) is 0.552. The van der Waals surface area contributed by atoms with Gasteiger partial charge in [-0.15, -0.1) is 0 Å². The highest BCUT2D eigenvalue weighted by molar-refractivity contribution is 5.82. The van der Waals surface area contributed by atoms with Crippen molar-refractivity contribution in [1.82, 2.24) is 4.90 Å². The molecule has 4 fully saturated rings. The van der Waals surface area contributed by atoms with Gasteiger partial charge in [-0.25, -0.2) is 9.18 Å². The first kappa shape index (κ1) is 26.1. The van der Waals surface area contributed by atoms with Gasteiger partial charge in [-0.1, -0.05) is 48.9 Å². The Balaban J connectivity index is 0.00000289. The molecule has 0 aliphatic carbocycles. The molecule has 0 amide bonds. The summed E-state index contributed by atoms with van der Waals surface area (Å²) in [6, 6.07) is 17.1. The van der Waals surface area contributed by atoms with E-state index < -0.39 is 5.54 Å². The Labute approximate surface area is 215 Å². The maximum Gasteiger partial charge on any atom is 0.331 e. The second-order valence-corrected chi connectivity index (χ2v) is 10.8. The molecular formula is C29H38ClFN2O2. The van der Waals surface area contributed by atoms with Gasteiger partial charge in [0.25, 0.3) is 0 Å². The lowest BCUT2D eigenvalue weighted by molar-refractivity contribution is -0.946. The van der Waals surface area contributed by atoms with Crippen LogP contribution in [0, 0.1) is 11.7 Å². The van der Waals surface area contributed by atoms with Crippen molar-refractivity contribution in [1.29, 1.82) is 0 Å². The van der Waals surface area contributed by atoms with Crippen LogP contribution in [0.3, 0.4) is 0 Å². The number of rotatable bonds is 7. The summed E-state index contributed by atoms with van der Waals surface area (Å²) in [6.07, 6.45) is 6.64. The number of likely N-dealkylation sites (tertiary alicyclic amines) is 1. The van der Waals surface area contributed by atoms with Gasteiger partial charge in [0.15, 0.2) is 6.10 Å². The summed E-state index contributed by atoms with van der Waals surface area (Å²) in [4.78, 5) is 16.3. The van der Waals surface area contributed by atoms with Crippen LogP contribution in [0.1, 0.15) is 50.2 Å². The normalized spacial score (nSPS) is 28.1. The number of hydrogen-bond donors (Lipinski definition) is 0. The minimum absolute atomic E-state index is 0. The van der Waals surface area contributed by atoms with E-state index in [1.165, 1.54) is 12.0 Å². The van der Waals surface area contributed by atoms with Crippen molar-refractivity contribution in [2.45, 2.75) is 57.1 Å². The van der Waals surface area contributed by atoms with E-state index in [1.54, 1.807) is 12.1 Å². The van der Waals surface area contributed by atoms with Gasteiger partial charge in [0.1, 0.15) is 17.9 Å². The zero-order valence-corrected chi connectivity index (χ0v) is 21.6. The number of nitrogens with zero attached hydrogens (tertiary/aromatic N) is 2. The number of ether oxygens (including phenoxy) is 1. The van der Waals surface area contributed by atoms with E-state index in [9.17, 15) is 9.18 Å². The molecule has 0 unspecified atom stereocenters. The summed E-state index contributed by atoms with van der Waals surface area (Å²) in [6.45, 7) is 8.18. The summed E-state index contributed by atoms with van der Waals surface area (Å²) >= 11 is 0. The molecule has 2 bridgehead atoms. The molecule has 35 heavy (non-hydrogen) atoms. The summed E-state index contributed by atoms with van der Waals surface area (Å²) in [5, 5.41) is 0. The minimum Gasteiger partial charge on any atom is -1.00 e. The van der Waals surface area contributed by atoms with E-state index in [0.29, 0.717) is 5.92 Å². The third kappa shape index (κ3) is 5.42. The number of carbonyl (C=O) groups is 1. The zero-order chi connectivity index (χ0) is 23.6. The molecule has 6 heteroatoms. The number of quaternary nitrogens is 1. The quantitative estimate of drug-likeness (QED) is 0.430. The molecule has 190 valence electrons. The molecule has 4 aliphatic heterocycles. The largest absolute Gasteiger partial charge is 1.00 e. The molecule has 4 heterocycles. The van der Waals surface area contributed by atoms with E-state index in [-0.39, 0.29) is 30.3 Å². The number of hydrogen-bond acceptors (Lipinski definition) is 3. The van der Waals surface area contributed by atoms with Crippen molar-refractivity contribution >= 4 is 5.97 Å². The van der Waals surface area contributed by atoms with E-state index in [2.05, 4.69) is 24.0 Å². The first-order valence-corrected chi connectivity index (χ1v) is 13.1. The van der Waals surface area contributed by atoms with E-state index in [1.807, 2.05) is 30.3 Å². The number of fused-ring (bicyclic) bond motifs is 3. The lowest BCUT2D eigenvalue weighted by Crippen LogP contribution is -3.00. The van der Waals surface area contributed by atoms with Crippen LogP contribution in [-0.4, -0.2) is 60.7 Å². The SMILES string of the molecule is C[C@@](C(=O)O[C@H]1C[N+]2(CCc3ccc(F)cc3)CCC1CC2)(c1ccccc1)N1CCCCC1.[Cl-]. The lowest BCUT2D eigenvalue weighted by atomic mass is 9.82. The van der Waals surface area contributed by atoms with Crippen LogP contribution in [0.4, 0.5) is 4.39 Å². The monoisotopic (exact) mass is 500 g/mol. The Hall–Kier alpha value is -1.95. The molecule has 0 spiro atoms. The van der Waals surface area contributed by atoms with Crippen LogP contribution in [0.2, 0.25) is 0 Å². The molecular weight excluding hydrogens is 463 g/mol. The highest BCUT2D eigenvalue weighted by atomic mass is 35.5. The maximum atomic E-state index is 13.9. The maximum absolute atomic E-state index is 13.9. The van der Waals surface area contributed by atoms with E-state index in [0.717, 1.165) is 81.4 Å². The fourth-order valence-electron chi connectivity index (χ4n) is 6.47. The number of benzene rings is 2. The molecule has 4 nitrogen and oxygen atoms in total. The number of piperidine rings is 4. The Morgan fingerprint density at radius 1 is 1.03 bits per heavy atom. The third-order valence-corrected chi connectivity index (χ3v) is 8.81. The predicted octanol–water partition coefficient (Wildman–Crippen LogP) is 1.93. The Morgan fingerprint density at radius 2 is 1.69 bits per heavy atom. The van der Waals surface area contributed by atoms with Crippen molar-refractivity contribution in [3.8, 4) is 0 Å². The first-order valence-electron chi connectivity index (χ1n) is 13.1. The van der Waals surface area contributed by atoms with Gasteiger partial charge in [-0.05, 0) is 56.1 Å². The van der Waals surface area contributed by atoms with Gasteiger partial charge >= 0.3 is 5.97 Å². The van der Waals surface area contributed by atoms with Crippen LogP contribution in [0.25, 0.3) is 0 Å². The van der Waals surface area contributed by atoms with Gasteiger partial charge in [0.2, 0.25) is 0 Å². The molecule has 2 aromatic carbocycles. The molecule has 2 aromatic rings. The Bertz CT molecular complexity index is 972. The predicted molar refractivity (Wildman–Crippen MR) is 132 cm³/mol. The van der Waals surface area contributed by atoms with Crippen LogP contribution in [-0.2, 0) is 21.5 Å². The van der Waals surface area contributed by atoms with Crippen molar-refractivity contribution in [2.75, 3.05) is 39.3 Å². The second kappa shape index (κ2) is 11.0. The molecule has 0 saturated carbocycles. The average Bonchev–Trinajstić information content (AvgIpc) is 2.89. The standard InChI is InChI=1S/C29H38FN2O2.ClH/c1-29(25-8-4-2-5-9-25,31-17-6-3-7-18-31)28(33)34-27-22-32(20-15-24(27)16-21-32)19-14-23-10-12-26(30)13-11-23;/h2,4-5,8-13,24,27H,3,6-7,14-22H2,1H3;1H/q+1;/p-1/t24?,27-,29-,32?;/m0./s1. The summed E-state index contributed by atoms with van der Waals surface area (Å²) in [5.41, 5.74) is 1.47. The molecule has 0 aromatic heterocycles. The second-order valence-electron chi connectivity index (χ2n) is 10.8. The Kier molecular flexibility index (Phi) is 8.19. The van der Waals surface area contributed by atoms with Crippen LogP contribution < -0.4 is 12.4 Å². The smallest absolute Gasteiger partial charge is 0.331 e. The highest BCUT2D eigenvalue weighted by Gasteiger charge is 2.50. The Morgan fingerprint density at radius 3 is 2.34 bits per heavy atom. The summed E-state index contributed by atoms with van der Waals surface area (Å²) in [7, 11) is 0. The van der Waals surface area contributed by atoms with Gasteiger partial charge in [0.05, 0.1) is 19.6 Å². The first-order chi connectivity index (χ1) is 16.5. The zero-order valence-electron chi connectivity index (χ0n) is 20.8. The molecule has 2 atom stereocenters. The number of halogens is 2. The van der Waals surface area contributed by atoms with Crippen LogP contribution in [0.15, 0.2) is 54.6 Å². The summed E-state index contributed by atoms with van der Waals surface area (Å²) < 4.78 is 20.8. The van der Waals surface area contributed by atoms with Gasteiger partial charge in [-0.2, -0.15) is 0 Å². The van der Waals surface area contributed by atoms with Gasteiger partial charge in [0, 0.05) is 25.2 Å². The molecule has 0 N–H and O–H groups in total. The molecule has 4 saturated heterocycles. The minimum atomic E-state index is -0.743. The van der Waals surface area contributed by atoms with Crippen LogP contribution in [0.5, 0.6) is 0 Å². The van der Waals surface area contributed by atoms with Gasteiger partial charge in [-0.3, -0.25) is 4.90 Å². The van der Waals surface area contributed by atoms with Crippen molar-refractivity contribution in [3.05, 3.63) is 71.5 Å². The summed E-state index contributed by atoms with van der Waals surface area (Å²) in [5.74, 6) is 0.198. The fourth-order valence-corrected chi connectivity index (χ4v) is 6.47. The van der Waals surface area contributed by atoms with E-state index >= 15 is 0 Å². The number of carbonyl (C=O) groups excluding carboxylic acids is 1. The van der Waals surface area contributed by atoms with Crippen LogP contribution >= 0.6 is 0 Å².